The van der Waals surface area contributed by atoms with Gasteiger partial charge in [-0.05, 0) is 87.3 Å². The van der Waals surface area contributed by atoms with E-state index >= 15 is 0 Å². The van der Waals surface area contributed by atoms with Crippen molar-refractivity contribution in [1.29, 1.82) is 0 Å². The number of nitrogens with one attached hydrogen (secondary N) is 2. The summed E-state index contributed by atoms with van der Waals surface area (Å²) in [6.45, 7) is 6.14. The van der Waals surface area contributed by atoms with Crippen molar-refractivity contribution in [2.75, 3.05) is 83.6 Å². The lowest BCUT2D eigenvalue weighted by atomic mass is 9.99. The normalized spacial score (nSPS) is 21.1. The van der Waals surface area contributed by atoms with Gasteiger partial charge in [0.25, 0.3) is 5.91 Å². The lowest BCUT2D eigenvalue weighted by molar-refractivity contribution is -0.142. The number of carbonyl (C=O) groups is 3. The van der Waals surface area contributed by atoms with Crippen molar-refractivity contribution in [3.63, 3.8) is 0 Å². The van der Waals surface area contributed by atoms with Crippen LogP contribution in [0.2, 0.25) is 5.02 Å². The maximum atomic E-state index is 14.1. The molecular formula is C35H47ClF3N7O4S. The van der Waals surface area contributed by atoms with E-state index in [1.807, 2.05) is 15.7 Å². The van der Waals surface area contributed by atoms with Crippen LogP contribution in [-0.2, 0) is 28.5 Å². The van der Waals surface area contributed by atoms with Crippen LogP contribution in [0, 0.1) is 0 Å². The number of urea groups is 1. The highest BCUT2D eigenvalue weighted by Gasteiger charge is 2.38. The van der Waals surface area contributed by atoms with Crippen LogP contribution >= 0.6 is 22.9 Å². The lowest BCUT2D eigenvalue weighted by Gasteiger charge is -2.40. The summed E-state index contributed by atoms with van der Waals surface area (Å²) in [5.41, 5.74) is 0.873. The Morgan fingerprint density at radius 2 is 1.69 bits per heavy atom. The summed E-state index contributed by atoms with van der Waals surface area (Å²) in [7, 11) is 3.49. The molecule has 6 rings (SSSR count). The number of benzene rings is 1. The molecule has 2 N–H and O–H groups in total. The Kier molecular flexibility index (Phi) is 11.9. The summed E-state index contributed by atoms with van der Waals surface area (Å²) in [5, 5.41) is 9.34. The molecule has 4 aliphatic rings. The number of hydrogen-bond acceptors (Lipinski definition) is 8. The van der Waals surface area contributed by atoms with Gasteiger partial charge in [-0.1, -0.05) is 11.6 Å². The summed E-state index contributed by atoms with van der Waals surface area (Å²) in [4.78, 5) is 50.5. The Morgan fingerprint density at radius 1 is 0.980 bits per heavy atom. The first-order valence-corrected chi connectivity index (χ1v) is 19.1. The second kappa shape index (κ2) is 16.2. The fourth-order valence-corrected chi connectivity index (χ4v) is 8.96. The molecule has 1 aromatic heterocycles. The fourth-order valence-electron chi connectivity index (χ4n) is 7.80. The average Bonchev–Trinajstić information content (AvgIpc) is 3.34. The molecule has 3 fully saturated rings. The molecule has 0 aliphatic carbocycles. The summed E-state index contributed by atoms with van der Waals surface area (Å²) in [6, 6.07) is 2.45. The van der Waals surface area contributed by atoms with Gasteiger partial charge in [-0.2, -0.15) is 13.2 Å². The maximum absolute atomic E-state index is 14.1. The van der Waals surface area contributed by atoms with Crippen molar-refractivity contribution in [2.45, 2.75) is 69.3 Å². The third-order valence-electron chi connectivity index (χ3n) is 10.7. The molecule has 5 heterocycles. The first-order valence-electron chi connectivity index (χ1n) is 17.8. The van der Waals surface area contributed by atoms with Crippen LogP contribution < -0.4 is 10.6 Å². The molecule has 4 amide bonds. The van der Waals surface area contributed by atoms with Crippen LogP contribution in [0.15, 0.2) is 22.9 Å². The second-order valence-corrected chi connectivity index (χ2v) is 15.1. The number of ether oxygens (including phenoxy) is 1. The van der Waals surface area contributed by atoms with E-state index in [1.165, 1.54) is 18.0 Å². The summed E-state index contributed by atoms with van der Waals surface area (Å²) >= 11 is 7.85. The Balaban J connectivity index is 1.13. The van der Waals surface area contributed by atoms with Crippen molar-refractivity contribution in [1.82, 2.24) is 24.5 Å². The first kappa shape index (κ1) is 37.5. The van der Waals surface area contributed by atoms with E-state index in [0.717, 1.165) is 69.2 Å². The third-order valence-corrected chi connectivity index (χ3v) is 11.8. The number of hydrogen-bond donors (Lipinski definition) is 2. The number of thiophene rings is 1. The summed E-state index contributed by atoms with van der Waals surface area (Å²) < 4.78 is 48.0. The van der Waals surface area contributed by atoms with Crippen molar-refractivity contribution in [3.05, 3.63) is 44.6 Å². The predicted octanol–water partition coefficient (Wildman–Crippen LogP) is 5.69. The minimum atomic E-state index is -4.70. The van der Waals surface area contributed by atoms with Crippen LogP contribution in [0.1, 0.15) is 48.8 Å². The van der Waals surface area contributed by atoms with E-state index in [4.69, 9.17) is 16.3 Å². The summed E-state index contributed by atoms with van der Waals surface area (Å²) in [5.74, 6) is -0.428. The predicted molar refractivity (Wildman–Crippen MR) is 192 cm³/mol. The van der Waals surface area contributed by atoms with Gasteiger partial charge in [0, 0.05) is 76.7 Å². The van der Waals surface area contributed by atoms with Crippen molar-refractivity contribution < 1.29 is 32.3 Å². The van der Waals surface area contributed by atoms with Crippen LogP contribution in [-0.4, -0.2) is 134 Å². The zero-order chi connectivity index (χ0) is 36.3. The summed E-state index contributed by atoms with van der Waals surface area (Å²) in [6.07, 6.45) is -2.58. The van der Waals surface area contributed by atoms with E-state index in [9.17, 15) is 27.6 Å². The van der Waals surface area contributed by atoms with E-state index in [1.54, 1.807) is 16.2 Å². The molecule has 0 radical (unpaired) electrons. The largest absolute Gasteiger partial charge is 0.436 e. The maximum Gasteiger partial charge on any atom is 0.418 e. The third kappa shape index (κ3) is 8.86. The number of likely N-dealkylation sites (N-methyl/N-ethyl adjacent to an activating group) is 1. The van der Waals surface area contributed by atoms with Crippen LogP contribution in [0.25, 0.3) is 0 Å². The van der Waals surface area contributed by atoms with E-state index in [2.05, 4.69) is 27.5 Å². The first-order chi connectivity index (χ1) is 24.4. The molecule has 0 saturated carbocycles. The highest BCUT2D eigenvalue weighted by atomic mass is 35.5. The Bertz CT molecular complexity index is 1560. The van der Waals surface area contributed by atoms with Crippen LogP contribution in [0.5, 0.6) is 0 Å². The molecule has 1 aromatic carbocycles. The van der Waals surface area contributed by atoms with Crippen molar-refractivity contribution in [3.8, 4) is 0 Å². The van der Waals surface area contributed by atoms with Gasteiger partial charge >= 0.3 is 18.3 Å². The van der Waals surface area contributed by atoms with Gasteiger partial charge in [0.15, 0.2) is 6.10 Å². The Hall–Kier alpha value is -3.27. The molecule has 51 heavy (non-hydrogen) atoms. The number of alkyl halides is 3. The number of halogens is 4. The number of rotatable bonds is 7. The zero-order valence-electron chi connectivity index (χ0n) is 29.1. The van der Waals surface area contributed by atoms with Crippen molar-refractivity contribution in [2.24, 2.45) is 0 Å². The minimum Gasteiger partial charge on any atom is -0.436 e. The molecule has 0 bridgehead atoms. The molecule has 0 unspecified atom stereocenters. The molecule has 2 aromatic rings. The molecular weight excluding hydrogens is 707 g/mol. The average molecular weight is 754 g/mol. The molecule has 3 saturated heterocycles. The molecule has 1 atom stereocenters. The van der Waals surface area contributed by atoms with Gasteiger partial charge in [0.1, 0.15) is 0 Å². The Labute approximate surface area is 306 Å². The standard InChI is InChI=1S/C35H47ClF3N7O4S/c1-40-31-27(35(37,38)39)18-23(19-28(31)36)20-30(32(47)44-11-5-25(6-12-44)43-10-3-9-42(2)16-17-43)50-34(49)45-13-7-26(8-14-45)46-15-4-24-21-51-22-29(24)41-33(46)48/h18-19,21-22,25-26,30,40H,3-17,20H2,1-2H3,(H,41,48)/t30-/m1/s1. The lowest BCUT2D eigenvalue weighted by Crippen LogP contribution is -2.53. The van der Waals surface area contributed by atoms with Gasteiger partial charge in [-0.3, -0.25) is 9.69 Å². The number of likely N-dealkylation sites (tertiary alicyclic amines) is 2. The van der Waals surface area contributed by atoms with Gasteiger partial charge in [0.2, 0.25) is 0 Å². The molecule has 280 valence electrons. The number of carbonyl (C=O) groups excluding carboxylic acids is 3. The van der Waals surface area contributed by atoms with Gasteiger partial charge in [-0.15, -0.1) is 11.3 Å². The fraction of sp³-hybridized carbons (Fsp3) is 0.629. The highest BCUT2D eigenvalue weighted by molar-refractivity contribution is 7.08. The minimum absolute atomic E-state index is 0.0707. The number of anilines is 2. The van der Waals surface area contributed by atoms with E-state index in [-0.39, 0.29) is 34.8 Å². The quantitative estimate of drug-likeness (QED) is 0.375. The molecule has 0 spiro atoms. The highest BCUT2D eigenvalue weighted by Crippen LogP contribution is 2.40. The van der Waals surface area contributed by atoms with Crippen LogP contribution in [0.4, 0.5) is 34.1 Å². The molecule has 11 nitrogen and oxygen atoms in total. The van der Waals surface area contributed by atoms with Crippen molar-refractivity contribution >= 4 is 52.3 Å². The zero-order valence-corrected chi connectivity index (χ0v) is 30.7. The topological polar surface area (TPSA) is 101 Å². The van der Waals surface area contributed by atoms with E-state index < -0.39 is 29.8 Å². The molecule has 16 heteroatoms. The number of fused-ring (bicyclic) bond motifs is 1. The molecule has 4 aliphatic heterocycles. The van der Waals surface area contributed by atoms with Gasteiger partial charge in [0.05, 0.1) is 22.0 Å². The van der Waals surface area contributed by atoms with Gasteiger partial charge < -0.3 is 35.0 Å². The number of piperidine rings is 2. The smallest absolute Gasteiger partial charge is 0.418 e. The SMILES string of the molecule is CNc1c(Cl)cc(C[C@@H](OC(=O)N2CCC(N3CCc4cscc4NC3=O)CC2)C(=O)N2CCC(N3CCCN(C)CC3)CC2)cc1C(F)(F)F. The second-order valence-electron chi connectivity index (χ2n) is 14.0. The Morgan fingerprint density at radius 3 is 2.39 bits per heavy atom. The number of nitrogens with zero attached hydrogens (tertiary/aromatic N) is 5. The monoisotopic (exact) mass is 753 g/mol. The number of amides is 4. The van der Waals surface area contributed by atoms with Crippen LogP contribution in [0.3, 0.4) is 0 Å². The van der Waals surface area contributed by atoms with E-state index in [0.29, 0.717) is 51.6 Å². The van der Waals surface area contributed by atoms with Gasteiger partial charge in [-0.25, -0.2) is 9.59 Å².